The number of hydrogen-bond acceptors (Lipinski definition) is 15. The molecule has 380 valence electrons. The molecule has 2 saturated heterocycles. The molecule has 2 aliphatic rings. The Bertz CT molecular complexity index is 2160. The third-order valence-corrected chi connectivity index (χ3v) is 12.1. The van der Waals surface area contributed by atoms with Gasteiger partial charge in [-0.05, 0) is 36.4 Å². The molecule has 0 unspecified atom stereocenters. The predicted octanol–water partition coefficient (Wildman–Crippen LogP) is 0.597. The van der Waals surface area contributed by atoms with Crippen molar-refractivity contribution in [3.63, 3.8) is 0 Å². The molecule has 8 N–H and O–H groups in total. The first kappa shape index (κ1) is 56.9. The molecule has 2 aliphatic heterocycles. The Morgan fingerprint density at radius 2 is 1.13 bits per heavy atom. The van der Waals surface area contributed by atoms with Gasteiger partial charge in [-0.3, -0.25) is 29.1 Å². The fourth-order valence-corrected chi connectivity index (χ4v) is 8.45. The van der Waals surface area contributed by atoms with E-state index in [1.54, 1.807) is 0 Å². The van der Waals surface area contributed by atoms with Gasteiger partial charge in [-0.2, -0.15) is 0 Å². The van der Waals surface area contributed by atoms with Crippen molar-refractivity contribution in [3.8, 4) is 0 Å². The van der Waals surface area contributed by atoms with E-state index in [9.17, 15) is 29.2 Å². The van der Waals surface area contributed by atoms with Crippen molar-refractivity contribution in [1.29, 1.82) is 0 Å². The Hall–Kier alpha value is -5.71. The Morgan fingerprint density at radius 1 is 0.686 bits per heavy atom. The lowest BCUT2D eigenvalue weighted by Gasteiger charge is -2.48. The third-order valence-electron chi connectivity index (χ3n) is 12.1. The van der Waals surface area contributed by atoms with Gasteiger partial charge in [0, 0.05) is 63.7 Å². The predicted molar refractivity (Wildman–Crippen MR) is 265 cm³/mol. The van der Waals surface area contributed by atoms with Crippen LogP contribution >= 0.6 is 0 Å². The summed E-state index contributed by atoms with van der Waals surface area (Å²) in [5.41, 5.74) is 2.06. The minimum absolute atomic E-state index is 0.0919. The van der Waals surface area contributed by atoms with E-state index in [0.717, 1.165) is 30.6 Å². The molecule has 2 fully saturated rings. The average Bonchev–Trinajstić information content (AvgIpc) is 3.85. The highest BCUT2D eigenvalue weighted by Gasteiger charge is 2.61. The summed E-state index contributed by atoms with van der Waals surface area (Å²) < 4.78 is 13.2. The molecule has 20 nitrogen and oxygen atoms in total. The Kier molecular flexibility index (Phi) is 23.4. The Labute approximate surface area is 411 Å². The zero-order valence-electron chi connectivity index (χ0n) is 41.3. The number of carbonyl (C=O) groups is 4. The summed E-state index contributed by atoms with van der Waals surface area (Å²) in [5.74, 6) is -2.40. The molecule has 70 heavy (non-hydrogen) atoms. The van der Waals surface area contributed by atoms with Crippen molar-refractivity contribution in [2.45, 2.75) is 77.3 Å². The number of aliphatic hydroxyl groups excluding tert-OH is 2. The highest BCUT2D eigenvalue weighted by molar-refractivity contribution is 6.62. The number of likely N-dealkylation sites (N-methyl/N-ethyl adjacent to an activating group) is 2. The van der Waals surface area contributed by atoms with E-state index in [2.05, 4.69) is 62.1 Å². The zero-order chi connectivity index (χ0) is 51.1. The number of rotatable bonds is 22. The van der Waals surface area contributed by atoms with Crippen LogP contribution in [0.15, 0.2) is 97.8 Å². The van der Waals surface area contributed by atoms with Crippen LogP contribution in [0.25, 0.3) is 0 Å². The molecule has 6 rings (SSSR count). The van der Waals surface area contributed by atoms with Gasteiger partial charge in [0.1, 0.15) is 23.5 Å². The number of hydrogen-bond donors (Lipinski definition) is 8. The number of amides is 4. The van der Waals surface area contributed by atoms with Crippen LogP contribution in [0.2, 0.25) is 0 Å². The van der Waals surface area contributed by atoms with Crippen LogP contribution in [0.5, 0.6) is 0 Å². The van der Waals surface area contributed by atoms with Crippen LogP contribution in [-0.2, 0) is 31.7 Å². The average molecular weight is 971 g/mol. The van der Waals surface area contributed by atoms with E-state index in [-0.39, 0.29) is 48.8 Å². The van der Waals surface area contributed by atoms with Crippen molar-refractivity contribution >= 4 is 37.4 Å². The van der Waals surface area contributed by atoms with E-state index in [4.69, 9.17) is 19.5 Å². The van der Waals surface area contributed by atoms with Crippen LogP contribution in [0.1, 0.15) is 72.6 Å². The largest absolute Gasteiger partial charge is 0.508 e. The van der Waals surface area contributed by atoms with Gasteiger partial charge in [-0.1, -0.05) is 94.8 Å². The smallest absolute Gasteiger partial charge is 0.494 e. The van der Waals surface area contributed by atoms with Gasteiger partial charge in [0.15, 0.2) is 0 Å². The van der Waals surface area contributed by atoms with E-state index in [0.29, 0.717) is 49.5 Å². The van der Waals surface area contributed by atoms with E-state index in [1.807, 2.05) is 86.5 Å². The summed E-state index contributed by atoms with van der Waals surface area (Å²) in [6.45, 7) is 10.9. The summed E-state index contributed by atoms with van der Waals surface area (Å²) in [4.78, 5) is 69.5. The van der Waals surface area contributed by atoms with Crippen LogP contribution < -0.4 is 21.3 Å². The fraction of sp³-hybridized carbons (Fsp3) is 0.500. The first-order valence-electron chi connectivity index (χ1n) is 23.9. The van der Waals surface area contributed by atoms with Gasteiger partial charge >= 0.3 is 13.8 Å². The van der Waals surface area contributed by atoms with Crippen molar-refractivity contribution in [2.24, 2.45) is 11.8 Å². The number of nitrogens with zero attached hydrogens (tertiary/aromatic N) is 6. The molecule has 4 amide bonds. The summed E-state index contributed by atoms with van der Waals surface area (Å²) in [6, 6.07) is 17.2. The second-order valence-corrected chi connectivity index (χ2v) is 18.7. The number of carbonyl (C=O) groups excluding carboxylic acids is 4. The topological polar surface area (TPSA) is 271 Å². The fourth-order valence-electron chi connectivity index (χ4n) is 8.45. The van der Waals surface area contributed by atoms with Gasteiger partial charge in [-0.25, -0.2) is 9.97 Å². The van der Waals surface area contributed by atoms with Crippen LogP contribution in [-0.4, -0.2) is 178 Å². The Morgan fingerprint density at radius 3 is 1.51 bits per heavy atom. The van der Waals surface area contributed by atoms with Gasteiger partial charge in [0.05, 0.1) is 57.9 Å². The maximum atomic E-state index is 13.7. The lowest BCUT2D eigenvalue weighted by atomic mass is 9.57. The molecule has 0 saturated carbocycles. The van der Waals surface area contributed by atoms with Crippen molar-refractivity contribution in [3.05, 3.63) is 120 Å². The lowest BCUT2D eigenvalue weighted by molar-refractivity contribution is -0.801. The molecule has 0 spiro atoms. The summed E-state index contributed by atoms with van der Waals surface area (Å²) >= 11 is 0. The molecule has 0 aliphatic carbocycles. The van der Waals surface area contributed by atoms with Crippen LogP contribution in [0.3, 0.4) is 0 Å². The highest BCUT2D eigenvalue weighted by Crippen LogP contribution is 2.36. The quantitative estimate of drug-likeness (QED) is 0.0502. The second kappa shape index (κ2) is 28.8. The van der Waals surface area contributed by atoms with Gasteiger partial charge in [0.25, 0.3) is 11.8 Å². The lowest BCUT2D eigenvalue weighted by Crippen LogP contribution is -2.72. The summed E-state index contributed by atoms with van der Waals surface area (Å²) in [6.07, 6.45) is 10.2. The van der Waals surface area contributed by atoms with E-state index in [1.165, 1.54) is 37.2 Å². The molecule has 0 radical (unpaired) electrons. The SMILES string of the molecule is CC(C)C[C@H](NC(=O)[C@H](Cc1ccccc1)NC(=O)c1cnccn1)B(O)O.CC(C)C[C@H](NC(=O)[C@H](Cc1ccccc1)NC(=O)c1cnccn1)[B-]12OCC[N+]1(C)CCO2.CN(CCO)CCO. The number of benzene rings is 2. The first-order chi connectivity index (χ1) is 33.5. The van der Waals surface area contributed by atoms with Gasteiger partial charge in [0.2, 0.25) is 11.8 Å². The summed E-state index contributed by atoms with van der Waals surface area (Å²) in [5, 5.41) is 47.2. The monoisotopic (exact) mass is 971 g/mol. The standard InChI is InChI=1S/C24H34BN5O4.C19H25BN4O4.C5H13NO2/c1-18(2)15-22(25-30(3,11-13-33-25)12-14-34-25)29-23(31)20(16-19-7-5-4-6-8-19)28-24(32)21-17-26-9-10-27-21;1-13(2)10-17(20(27)28)24-18(25)15(11-14-6-4-3-5-7-14)23-19(26)16-12-21-8-9-22-16;1-6(2-4-7)3-5-8/h4-10,17-18,20,22H,11-16H2,1-3H3,(H,28,32)(H,29,31);3-9,12-13,15,17,27-28H,10-11H2,1-2H3,(H,23,26)(H,24,25);7-8H,2-5H2,1H3/t20-,22-,25?,30?;15-,17-;/m00./s1. The Balaban J connectivity index is 0.000000267. The van der Waals surface area contributed by atoms with E-state index < -0.39 is 49.6 Å². The maximum absolute atomic E-state index is 13.7. The minimum atomic E-state index is -1.74. The van der Waals surface area contributed by atoms with Gasteiger partial charge in [-0.15, -0.1) is 0 Å². The third kappa shape index (κ3) is 17.6. The molecule has 22 heteroatoms. The van der Waals surface area contributed by atoms with Crippen LogP contribution in [0, 0.1) is 11.8 Å². The van der Waals surface area contributed by atoms with Crippen molar-refractivity contribution in [2.75, 3.05) is 66.7 Å². The summed E-state index contributed by atoms with van der Waals surface area (Å²) in [7, 11) is 2.31. The molecule has 2 aromatic heterocycles. The molecule has 2 aromatic carbocycles. The highest BCUT2D eigenvalue weighted by atomic mass is 16.6. The van der Waals surface area contributed by atoms with Crippen molar-refractivity contribution < 1.29 is 53.1 Å². The number of nitrogens with one attached hydrogen (secondary N) is 4. The number of quaternary nitrogens is 1. The normalized spacial score (nSPS) is 18.8. The van der Waals surface area contributed by atoms with E-state index >= 15 is 0 Å². The van der Waals surface area contributed by atoms with Gasteiger partial charge < -0.3 is 60.1 Å². The maximum Gasteiger partial charge on any atom is 0.494 e. The molecular formula is C48H72B2N10O10. The number of aliphatic hydroxyl groups is 2. The zero-order valence-corrected chi connectivity index (χ0v) is 41.3. The molecule has 4 atom stereocenters. The van der Waals surface area contributed by atoms with Crippen molar-refractivity contribution in [1.82, 2.24) is 46.1 Å². The number of fused-ring (bicyclic) bond motifs is 1. The molecular weight excluding hydrogens is 898 g/mol. The first-order valence-corrected chi connectivity index (χ1v) is 23.9. The second-order valence-electron chi connectivity index (χ2n) is 18.7. The van der Waals surface area contributed by atoms with Crippen LogP contribution in [0.4, 0.5) is 0 Å². The number of aromatic nitrogens is 4. The molecule has 4 aromatic rings. The molecule has 0 bridgehead atoms. The minimum Gasteiger partial charge on any atom is -0.508 e. The molecule has 4 heterocycles.